The van der Waals surface area contributed by atoms with Crippen LogP contribution in [-0.4, -0.2) is 51.3 Å². The number of aryl methyl sites for hydroxylation is 1. The summed E-state index contributed by atoms with van der Waals surface area (Å²) in [7, 11) is 0. The number of carbonyl (C=O) groups excluding carboxylic acids is 1. The highest BCUT2D eigenvalue weighted by atomic mass is 16.1. The first-order chi connectivity index (χ1) is 14.1. The quantitative estimate of drug-likeness (QED) is 0.570. The van der Waals surface area contributed by atoms with Crippen molar-refractivity contribution in [2.75, 3.05) is 26.2 Å². The van der Waals surface area contributed by atoms with Crippen molar-refractivity contribution >= 4 is 5.91 Å². The number of aromatic nitrogens is 3. The predicted molar refractivity (Wildman–Crippen MR) is 117 cm³/mol. The van der Waals surface area contributed by atoms with Crippen molar-refractivity contribution in [3.8, 4) is 11.5 Å². The van der Waals surface area contributed by atoms with Gasteiger partial charge in [0.1, 0.15) is 5.56 Å². The number of nitrogens with zero attached hydrogens (tertiary/aromatic N) is 4. The van der Waals surface area contributed by atoms with Crippen LogP contribution in [0.2, 0.25) is 0 Å². The Hall–Kier alpha value is -2.86. The molecule has 0 atom stereocenters. The lowest BCUT2D eigenvalue weighted by Crippen LogP contribution is -2.35. The van der Waals surface area contributed by atoms with Gasteiger partial charge in [-0.1, -0.05) is 38.0 Å². The summed E-state index contributed by atoms with van der Waals surface area (Å²) in [4.78, 5) is 15.3. The van der Waals surface area contributed by atoms with Crippen molar-refractivity contribution < 1.29 is 4.79 Å². The Kier molecular flexibility index (Phi) is 7.25. The third-order valence-electron chi connectivity index (χ3n) is 5.10. The van der Waals surface area contributed by atoms with E-state index in [0.717, 1.165) is 31.1 Å². The van der Waals surface area contributed by atoms with Crippen molar-refractivity contribution in [3.63, 3.8) is 0 Å². The molecule has 0 radical (unpaired) electrons. The van der Waals surface area contributed by atoms with E-state index in [4.69, 9.17) is 0 Å². The molecular weight excluding hydrogens is 362 g/mol. The summed E-state index contributed by atoms with van der Waals surface area (Å²) in [5.41, 5.74) is 2.68. The van der Waals surface area contributed by atoms with E-state index in [1.165, 1.54) is 18.4 Å². The number of carbonyl (C=O) groups is 1. The molecule has 0 unspecified atom stereocenters. The normalized spacial score (nSPS) is 11.2. The molecule has 0 aliphatic rings. The largest absolute Gasteiger partial charge is 0.351 e. The van der Waals surface area contributed by atoms with Gasteiger partial charge in [0.25, 0.3) is 5.91 Å². The summed E-state index contributed by atoms with van der Waals surface area (Å²) in [6, 6.07) is 12.0. The molecule has 0 saturated carbocycles. The molecule has 0 saturated heterocycles. The standard InChI is InChI=1S/C23H31N5O/c1-4-6-14-26(5-2)17-13-24-22(29)21-18-25-28(20-11-9-19(3)10-12-20)23(21)27-15-7-8-16-27/h7-12,15-16,18H,4-6,13-14,17H2,1-3H3,(H,24,29). The molecule has 0 aliphatic heterocycles. The highest BCUT2D eigenvalue weighted by molar-refractivity contribution is 5.97. The molecule has 1 amide bonds. The number of amides is 1. The van der Waals surface area contributed by atoms with Crippen LogP contribution in [0.1, 0.15) is 42.6 Å². The van der Waals surface area contributed by atoms with Crippen LogP contribution in [0, 0.1) is 6.92 Å². The fourth-order valence-electron chi connectivity index (χ4n) is 3.33. The van der Waals surface area contributed by atoms with Gasteiger partial charge in [0.05, 0.1) is 11.9 Å². The molecule has 0 fully saturated rings. The number of rotatable bonds is 10. The monoisotopic (exact) mass is 393 g/mol. The van der Waals surface area contributed by atoms with E-state index in [-0.39, 0.29) is 5.91 Å². The highest BCUT2D eigenvalue weighted by Gasteiger charge is 2.19. The Morgan fingerprint density at radius 1 is 1.10 bits per heavy atom. The first-order valence-electron chi connectivity index (χ1n) is 10.4. The topological polar surface area (TPSA) is 55.1 Å². The lowest BCUT2D eigenvalue weighted by molar-refractivity contribution is 0.0948. The Balaban J connectivity index is 1.78. The lowest BCUT2D eigenvalue weighted by Gasteiger charge is -2.20. The van der Waals surface area contributed by atoms with Crippen molar-refractivity contribution in [2.24, 2.45) is 0 Å². The van der Waals surface area contributed by atoms with Gasteiger partial charge in [-0.05, 0) is 50.7 Å². The smallest absolute Gasteiger partial charge is 0.256 e. The molecule has 3 aromatic rings. The van der Waals surface area contributed by atoms with Gasteiger partial charge < -0.3 is 14.8 Å². The van der Waals surface area contributed by atoms with Crippen LogP contribution in [0.25, 0.3) is 11.5 Å². The van der Waals surface area contributed by atoms with Gasteiger partial charge in [0, 0.05) is 25.5 Å². The maximum atomic E-state index is 12.9. The fraction of sp³-hybridized carbons (Fsp3) is 0.391. The molecule has 0 aliphatic carbocycles. The van der Waals surface area contributed by atoms with Crippen LogP contribution in [0.15, 0.2) is 55.0 Å². The van der Waals surface area contributed by atoms with Gasteiger partial charge in [-0.3, -0.25) is 4.79 Å². The van der Waals surface area contributed by atoms with E-state index < -0.39 is 0 Å². The molecule has 6 heteroatoms. The van der Waals surface area contributed by atoms with Crippen LogP contribution in [0.3, 0.4) is 0 Å². The van der Waals surface area contributed by atoms with Gasteiger partial charge in [-0.25, -0.2) is 4.68 Å². The number of likely N-dealkylation sites (N-methyl/N-ethyl adjacent to an activating group) is 1. The predicted octanol–water partition coefficient (Wildman–Crippen LogP) is 3.82. The third-order valence-corrected chi connectivity index (χ3v) is 5.10. The van der Waals surface area contributed by atoms with Crippen LogP contribution < -0.4 is 5.32 Å². The first-order valence-corrected chi connectivity index (χ1v) is 10.4. The second-order valence-corrected chi connectivity index (χ2v) is 7.26. The van der Waals surface area contributed by atoms with Crippen LogP contribution >= 0.6 is 0 Å². The molecule has 154 valence electrons. The summed E-state index contributed by atoms with van der Waals surface area (Å²) in [6.07, 6.45) is 7.88. The van der Waals surface area contributed by atoms with Crippen molar-refractivity contribution in [1.82, 2.24) is 24.6 Å². The van der Waals surface area contributed by atoms with Crippen molar-refractivity contribution in [2.45, 2.75) is 33.6 Å². The molecule has 3 rings (SSSR count). The average Bonchev–Trinajstić information content (AvgIpc) is 3.40. The van der Waals surface area contributed by atoms with Crippen molar-refractivity contribution in [3.05, 3.63) is 66.1 Å². The molecule has 29 heavy (non-hydrogen) atoms. The summed E-state index contributed by atoms with van der Waals surface area (Å²) < 4.78 is 3.75. The van der Waals surface area contributed by atoms with Crippen molar-refractivity contribution in [1.29, 1.82) is 0 Å². The second-order valence-electron chi connectivity index (χ2n) is 7.26. The molecular formula is C23H31N5O. The molecule has 0 spiro atoms. The number of benzene rings is 1. The molecule has 2 aromatic heterocycles. The van der Waals surface area contributed by atoms with Gasteiger partial charge in [-0.2, -0.15) is 5.10 Å². The zero-order chi connectivity index (χ0) is 20.6. The van der Waals surface area contributed by atoms with E-state index in [0.29, 0.717) is 12.1 Å². The van der Waals surface area contributed by atoms with E-state index in [1.807, 2.05) is 58.0 Å². The molecule has 2 heterocycles. The molecule has 0 bridgehead atoms. The van der Waals surface area contributed by atoms with Crippen LogP contribution in [-0.2, 0) is 0 Å². The van der Waals surface area contributed by atoms with E-state index >= 15 is 0 Å². The third kappa shape index (κ3) is 5.15. The van der Waals surface area contributed by atoms with Gasteiger partial charge in [-0.15, -0.1) is 0 Å². The summed E-state index contributed by atoms with van der Waals surface area (Å²) in [5.74, 6) is 0.647. The summed E-state index contributed by atoms with van der Waals surface area (Å²) >= 11 is 0. The van der Waals surface area contributed by atoms with E-state index in [9.17, 15) is 4.79 Å². The minimum Gasteiger partial charge on any atom is -0.351 e. The molecule has 1 aromatic carbocycles. The number of hydrogen-bond donors (Lipinski definition) is 1. The Labute approximate surface area is 173 Å². The Morgan fingerprint density at radius 3 is 2.48 bits per heavy atom. The van der Waals surface area contributed by atoms with Gasteiger partial charge in [0.2, 0.25) is 0 Å². The van der Waals surface area contributed by atoms with Gasteiger partial charge >= 0.3 is 0 Å². The number of nitrogens with one attached hydrogen (secondary N) is 1. The number of hydrogen-bond acceptors (Lipinski definition) is 3. The highest BCUT2D eigenvalue weighted by Crippen LogP contribution is 2.20. The molecule has 1 N–H and O–H groups in total. The lowest BCUT2D eigenvalue weighted by atomic mass is 10.2. The maximum Gasteiger partial charge on any atom is 0.256 e. The van der Waals surface area contributed by atoms with Crippen LogP contribution in [0.5, 0.6) is 0 Å². The number of unbranched alkanes of at least 4 members (excludes halogenated alkanes) is 1. The minimum atomic E-state index is -0.0985. The molecule has 6 nitrogen and oxygen atoms in total. The zero-order valence-electron chi connectivity index (χ0n) is 17.6. The average molecular weight is 394 g/mol. The first kappa shape index (κ1) is 20.9. The van der Waals surface area contributed by atoms with E-state index in [2.05, 4.69) is 36.1 Å². The summed E-state index contributed by atoms with van der Waals surface area (Å²) in [6.45, 7) is 9.96. The van der Waals surface area contributed by atoms with E-state index in [1.54, 1.807) is 6.20 Å². The van der Waals surface area contributed by atoms with Gasteiger partial charge in [0.15, 0.2) is 5.82 Å². The minimum absolute atomic E-state index is 0.0985. The summed E-state index contributed by atoms with van der Waals surface area (Å²) in [5, 5.41) is 7.59. The second kappa shape index (κ2) is 10.1. The van der Waals surface area contributed by atoms with Crippen LogP contribution in [0.4, 0.5) is 0 Å². The zero-order valence-corrected chi connectivity index (χ0v) is 17.6. The Bertz CT molecular complexity index is 896. The Morgan fingerprint density at radius 2 is 1.83 bits per heavy atom. The SMILES string of the molecule is CCCCN(CC)CCNC(=O)c1cnn(-c2ccc(C)cc2)c1-n1cccc1. The fourth-order valence-corrected chi connectivity index (χ4v) is 3.33. The maximum absolute atomic E-state index is 12.9.